The predicted octanol–water partition coefficient (Wildman–Crippen LogP) is 3.10. The minimum atomic E-state index is -0.164. The predicted molar refractivity (Wildman–Crippen MR) is 90.6 cm³/mol. The van der Waals surface area contributed by atoms with Crippen molar-refractivity contribution < 1.29 is 0 Å². The van der Waals surface area contributed by atoms with E-state index < -0.39 is 0 Å². The third kappa shape index (κ3) is 4.54. The Morgan fingerprint density at radius 1 is 1.33 bits per heavy atom. The molecule has 0 amide bonds. The average Bonchev–Trinajstić information content (AvgIpc) is 2.80. The summed E-state index contributed by atoms with van der Waals surface area (Å²) in [6.07, 6.45) is 2.41. The zero-order valence-corrected chi connectivity index (χ0v) is 14.6. The second-order valence-corrected chi connectivity index (χ2v) is 6.66. The number of hydrogen-bond donors (Lipinski definition) is 1. The van der Waals surface area contributed by atoms with E-state index in [1.165, 1.54) is 5.56 Å². The molecule has 0 aliphatic rings. The summed E-state index contributed by atoms with van der Waals surface area (Å²) in [6, 6.07) is 8.01. The van der Waals surface area contributed by atoms with E-state index >= 15 is 0 Å². The Bertz CT molecular complexity index is 580. The van der Waals surface area contributed by atoms with Gasteiger partial charge in [0, 0.05) is 11.0 Å². The van der Waals surface area contributed by atoms with Gasteiger partial charge < -0.3 is 10.6 Å². The zero-order chi connectivity index (χ0) is 15.4. The van der Waals surface area contributed by atoms with Gasteiger partial charge in [-0.25, -0.2) is 0 Å². The Balaban J connectivity index is 2.12. The van der Waals surface area contributed by atoms with Crippen LogP contribution in [0.5, 0.6) is 0 Å². The van der Waals surface area contributed by atoms with Gasteiger partial charge >= 0.3 is 0 Å². The largest absolute Gasteiger partial charge is 0.322 e. The molecule has 2 rings (SSSR count). The van der Waals surface area contributed by atoms with E-state index in [2.05, 4.69) is 38.1 Å². The van der Waals surface area contributed by atoms with Gasteiger partial charge in [-0.15, -0.1) is 0 Å². The third-order valence-electron chi connectivity index (χ3n) is 3.31. The summed E-state index contributed by atoms with van der Waals surface area (Å²) in [6.45, 7) is 1.68. The number of benzene rings is 1. The van der Waals surface area contributed by atoms with Gasteiger partial charge in [-0.3, -0.25) is 4.68 Å². The Labute approximate surface area is 139 Å². The summed E-state index contributed by atoms with van der Waals surface area (Å²) in [5, 5.41) is 4.97. The third-order valence-corrected chi connectivity index (χ3v) is 4.13. The van der Waals surface area contributed by atoms with Gasteiger partial charge in [-0.2, -0.15) is 5.10 Å². The Morgan fingerprint density at radius 2 is 2.00 bits per heavy atom. The van der Waals surface area contributed by atoms with E-state index in [0.29, 0.717) is 5.02 Å². The fourth-order valence-electron chi connectivity index (χ4n) is 2.18. The molecule has 0 spiro atoms. The van der Waals surface area contributed by atoms with E-state index in [1.807, 2.05) is 30.9 Å². The van der Waals surface area contributed by atoms with Gasteiger partial charge in [0.15, 0.2) is 0 Å². The van der Waals surface area contributed by atoms with Crippen LogP contribution < -0.4 is 5.73 Å². The number of nitrogens with zero attached hydrogens (tertiary/aromatic N) is 3. The zero-order valence-electron chi connectivity index (χ0n) is 12.3. The molecule has 114 valence electrons. The van der Waals surface area contributed by atoms with E-state index in [1.54, 1.807) is 6.20 Å². The molecule has 2 aromatic rings. The smallest absolute Gasteiger partial charge is 0.0834 e. The highest BCUT2D eigenvalue weighted by atomic mass is 79.9. The van der Waals surface area contributed by atoms with Crippen LogP contribution in [-0.2, 0) is 13.0 Å². The molecule has 0 bridgehead atoms. The van der Waals surface area contributed by atoms with Crippen molar-refractivity contribution in [2.24, 2.45) is 5.73 Å². The quantitative estimate of drug-likeness (QED) is 0.849. The highest BCUT2D eigenvalue weighted by molar-refractivity contribution is 9.10. The Kier molecular flexibility index (Phi) is 5.81. The van der Waals surface area contributed by atoms with Crippen LogP contribution in [0, 0.1) is 0 Å². The van der Waals surface area contributed by atoms with Crippen molar-refractivity contribution in [2.45, 2.75) is 19.0 Å². The number of aromatic nitrogens is 2. The van der Waals surface area contributed by atoms with Crippen LogP contribution in [0.25, 0.3) is 0 Å². The van der Waals surface area contributed by atoms with Crippen molar-refractivity contribution in [3.05, 3.63) is 51.2 Å². The summed E-state index contributed by atoms with van der Waals surface area (Å²) in [5.74, 6) is 0. The SMILES string of the molecule is CN(C)CCn1ncc(Cl)c1C(N)Cc1ccc(Br)cc1. The summed E-state index contributed by atoms with van der Waals surface area (Å²) in [4.78, 5) is 2.11. The summed E-state index contributed by atoms with van der Waals surface area (Å²) in [7, 11) is 4.07. The van der Waals surface area contributed by atoms with Gasteiger partial charge in [-0.05, 0) is 38.2 Å². The van der Waals surface area contributed by atoms with Crippen LogP contribution in [0.2, 0.25) is 5.02 Å². The Hall–Kier alpha value is -0.880. The first-order valence-electron chi connectivity index (χ1n) is 6.83. The number of halogens is 2. The summed E-state index contributed by atoms with van der Waals surface area (Å²) < 4.78 is 2.97. The van der Waals surface area contributed by atoms with E-state index in [4.69, 9.17) is 17.3 Å². The first-order valence-corrected chi connectivity index (χ1v) is 8.00. The fraction of sp³-hybridized carbons (Fsp3) is 0.400. The fourth-order valence-corrected chi connectivity index (χ4v) is 2.73. The molecule has 0 saturated heterocycles. The number of nitrogens with two attached hydrogens (primary N) is 1. The highest BCUT2D eigenvalue weighted by Crippen LogP contribution is 2.24. The Morgan fingerprint density at radius 3 is 2.62 bits per heavy atom. The molecule has 2 N–H and O–H groups in total. The molecule has 1 aromatic carbocycles. The normalized spacial score (nSPS) is 12.9. The first-order chi connectivity index (χ1) is 9.97. The number of likely N-dealkylation sites (N-methyl/N-ethyl adjacent to an activating group) is 1. The highest BCUT2D eigenvalue weighted by Gasteiger charge is 2.17. The van der Waals surface area contributed by atoms with Crippen LogP contribution in [0.3, 0.4) is 0 Å². The maximum absolute atomic E-state index is 6.35. The van der Waals surface area contributed by atoms with Crippen LogP contribution in [0.4, 0.5) is 0 Å². The minimum absolute atomic E-state index is 0.164. The maximum atomic E-state index is 6.35. The first kappa shape index (κ1) is 16.5. The molecule has 21 heavy (non-hydrogen) atoms. The minimum Gasteiger partial charge on any atom is -0.322 e. The lowest BCUT2D eigenvalue weighted by Gasteiger charge is -2.17. The molecule has 1 atom stereocenters. The van der Waals surface area contributed by atoms with Crippen molar-refractivity contribution in [1.82, 2.24) is 14.7 Å². The van der Waals surface area contributed by atoms with E-state index in [0.717, 1.165) is 29.7 Å². The van der Waals surface area contributed by atoms with Crippen LogP contribution in [-0.4, -0.2) is 35.3 Å². The molecule has 0 aliphatic carbocycles. The molecule has 4 nitrogen and oxygen atoms in total. The number of rotatable bonds is 6. The van der Waals surface area contributed by atoms with Crippen LogP contribution in [0.1, 0.15) is 17.3 Å². The lowest BCUT2D eigenvalue weighted by Crippen LogP contribution is -2.24. The molecule has 0 aliphatic heterocycles. The lowest BCUT2D eigenvalue weighted by atomic mass is 10.0. The summed E-state index contributed by atoms with van der Waals surface area (Å²) in [5.41, 5.74) is 8.43. The van der Waals surface area contributed by atoms with Crippen molar-refractivity contribution in [3.63, 3.8) is 0 Å². The molecule has 0 radical (unpaired) electrons. The van der Waals surface area contributed by atoms with Gasteiger partial charge in [0.05, 0.1) is 29.5 Å². The van der Waals surface area contributed by atoms with Crippen LogP contribution >= 0.6 is 27.5 Å². The number of hydrogen-bond acceptors (Lipinski definition) is 3. The molecule has 1 unspecified atom stereocenters. The monoisotopic (exact) mass is 370 g/mol. The second-order valence-electron chi connectivity index (χ2n) is 5.34. The van der Waals surface area contributed by atoms with Crippen molar-refractivity contribution in [1.29, 1.82) is 0 Å². The van der Waals surface area contributed by atoms with Gasteiger partial charge in [-0.1, -0.05) is 39.7 Å². The topological polar surface area (TPSA) is 47.1 Å². The lowest BCUT2D eigenvalue weighted by molar-refractivity contribution is 0.366. The molecule has 0 saturated carbocycles. The second kappa shape index (κ2) is 7.40. The average molecular weight is 372 g/mol. The molecule has 6 heteroatoms. The van der Waals surface area contributed by atoms with Crippen molar-refractivity contribution in [2.75, 3.05) is 20.6 Å². The van der Waals surface area contributed by atoms with Gasteiger partial charge in [0.2, 0.25) is 0 Å². The van der Waals surface area contributed by atoms with Crippen LogP contribution in [0.15, 0.2) is 34.9 Å². The van der Waals surface area contributed by atoms with Gasteiger partial charge in [0.25, 0.3) is 0 Å². The van der Waals surface area contributed by atoms with E-state index in [-0.39, 0.29) is 6.04 Å². The molecular weight excluding hydrogens is 352 g/mol. The van der Waals surface area contributed by atoms with Gasteiger partial charge in [0.1, 0.15) is 0 Å². The van der Waals surface area contributed by atoms with Crippen molar-refractivity contribution >= 4 is 27.5 Å². The van der Waals surface area contributed by atoms with E-state index in [9.17, 15) is 0 Å². The standard InChI is InChI=1S/C15H20BrClN4/c1-20(2)7-8-21-15(13(17)10-19-21)14(18)9-11-3-5-12(16)6-4-11/h3-6,10,14H,7-9,18H2,1-2H3. The molecular formula is C15H20BrClN4. The maximum Gasteiger partial charge on any atom is 0.0834 e. The van der Waals surface area contributed by atoms with Crippen molar-refractivity contribution in [3.8, 4) is 0 Å². The summed E-state index contributed by atoms with van der Waals surface area (Å²) >= 11 is 9.70. The molecule has 0 fully saturated rings. The molecule has 1 heterocycles. The molecule has 1 aromatic heterocycles.